The Labute approximate surface area is 114 Å². The Morgan fingerprint density at radius 3 is 2.63 bits per heavy atom. The SMILES string of the molecule is Cc1ccccc1Cn1cc(CNC(C)(C)C)nn1. The predicted molar refractivity (Wildman–Crippen MR) is 76.9 cm³/mol. The van der Waals surface area contributed by atoms with E-state index < -0.39 is 0 Å². The first-order chi connectivity index (χ1) is 8.94. The molecular formula is C15H22N4. The number of aromatic nitrogens is 3. The van der Waals surface area contributed by atoms with Gasteiger partial charge in [0.25, 0.3) is 0 Å². The molecule has 1 aromatic heterocycles. The van der Waals surface area contributed by atoms with Crippen molar-refractivity contribution in [1.29, 1.82) is 0 Å². The molecule has 0 fully saturated rings. The van der Waals surface area contributed by atoms with E-state index in [4.69, 9.17) is 0 Å². The third-order valence-corrected chi connectivity index (χ3v) is 2.98. The van der Waals surface area contributed by atoms with Crippen molar-refractivity contribution in [3.05, 3.63) is 47.3 Å². The van der Waals surface area contributed by atoms with E-state index in [0.29, 0.717) is 0 Å². The molecule has 0 unspecified atom stereocenters. The predicted octanol–water partition coefficient (Wildman–Crippen LogP) is 2.52. The molecule has 19 heavy (non-hydrogen) atoms. The first kappa shape index (κ1) is 13.7. The van der Waals surface area contributed by atoms with E-state index >= 15 is 0 Å². The van der Waals surface area contributed by atoms with Crippen LogP contribution in [0.3, 0.4) is 0 Å². The van der Waals surface area contributed by atoms with Gasteiger partial charge in [-0.25, -0.2) is 4.68 Å². The maximum Gasteiger partial charge on any atom is 0.0965 e. The smallest absolute Gasteiger partial charge is 0.0965 e. The highest BCUT2D eigenvalue weighted by atomic mass is 15.4. The molecule has 0 amide bonds. The molecule has 2 aromatic rings. The van der Waals surface area contributed by atoms with Gasteiger partial charge in [-0.15, -0.1) is 5.10 Å². The lowest BCUT2D eigenvalue weighted by atomic mass is 10.1. The molecule has 0 aliphatic carbocycles. The fraction of sp³-hybridized carbons (Fsp3) is 0.467. The molecule has 1 heterocycles. The van der Waals surface area contributed by atoms with Crippen LogP contribution < -0.4 is 5.32 Å². The molecule has 0 radical (unpaired) electrons. The minimum Gasteiger partial charge on any atom is -0.306 e. The van der Waals surface area contributed by atoms with E-state index in [1.807, 2.05) is 10.9 Å². The van der Waals surface area contributed by atoms with Crippen LogP contribution in [0.2, 0.25) is 0 Å². The van der Waals surface area contributed by atoms with Crippen molar-refractivity contribution in [2.24, 2.45) is 0 Å². The fourth-order valence-electron chi connectivity index (χ4n) is 1.81. The third-order valence-electron chi connectivity index (χ3n) is 2.98. The van der Waals surface area contributed by atoms with Crippen molar-refractivity contribution in [3.8, 4) is 0 Å². The van der Waals surface area contributed by atoms with Crippen molar-refractivity contribution in [3.63, 3.8) is 0 Å². The van der Waals surface area contributed by atoms with E-state index in [2.05, 4.69) is 67.6 Å². The summed E-state index contributed by atoms with van der Waals surface area (Å²) in [6.07, 6.45) is 2.01. The Morgan fingerprint density at radius 2 is 1.95 bits per heavy atom. The summed E-state index contributed by atoms with van der Waals surface area (Å²) in [6.45, 7) is 10.1. The lowest BCUT2D eigenvalue weighted by Crippen LogP contribution is -2.35. The van der Waals surface area contributed by atoms with Gasteiger partial charge in [-0.3, -0.25) is 0 Å². The van der Waals surface area contributed by atoms with Crippen LogP contribution in [-0.2, 0) is 13.1 Å². The zero-order chi connectivity index (χ0) is 13.9. The van der Waals surface area contributed by atoms with Gasteiger partial charge >= 0.3 is 0 Å². The molecule has 0 spiro atoms. The summed E-state index contributed by atoms with van der Waals surface area (Å²) in [7, 11) is 0. The van der Waals surface area contributed by atoms with E-state index in [0.717, 1.165) is 18.8 Å². The monoisotopic (exact) mass is 258 g/mol. The topological polar surface area (TPSA) is 42.7 Å². The summed E-state index contributed by atoms with van der Waals surface area (Å²) < 4.78 is 1.89. The van der Waals surface area contributed by atoms with Gasteiger partial charge in [0.05, 0.1) is 18.4 Å². The Bertz CT molecular complexity index is 537. The lowest BCUT2D eigenvalue weighted by molar-refractivity contribution is 0.421. The average Bonchev–Trinajstić information content (AvgIpc) is 2.77. The fourth-order valence-corrected chi connectivity index (χ4v) is 1.81. The molecule has 0 saturated carbocycles. The molecule has 1 N–H and O–H groups in total. The zero-order valence-corrected chi connectivity index (χ0v) is 12.1. The number of nitrogens with one attached hydrogen (secondary N) is 1. The van der Waals surface area contributed by atoms with Crippen LogP contribution in [0.5, 0.6) is 0 Å². The van der Waals surface area contributed by atoms with Crippen molar-refractivity contribution in [2.45, 2.75) is 46.3 Å². The zero-order valence-electron chi connectivity index (χ0n) is 12.1. The summed E-state index contributed by atoms with van der Waals surface area (Å²) in [5, 5.41) is 11.8. The van der Waals surface area contributed by atoms with Gasteiger partial charge in [0.2, 0.25) is 0 Å². The summed E-state index contributed by atoms with van der Waals surface area (Å²) in [4.78, 5) is 0. The minimum absolute atomic E-state index is 0.0970. The number of aryl methyl sites for hydroxylation is 1. The van der Waals surface area contributed by atoms with E-state index in [9.17, 15) is 0 Å². The quantitative estimate of drug-likeness (QED) is 0.916. The number of benzene rings is 1. The van der Waals surface area contributed by atoms with Gasteiger partial charge in [-0.1, -0.05) is 29.5 Å². The highest BCUT2D eigenvalue weighted by molar-refractivity contribution is 5.25. The van der Waals surface area contributed by atoms with Crippen LogP contribution in [-0.4, -0.2) is 20.5 Å². The van der Waals surface area contributed by atoms with Crippen LogP contribution in [0.25, 0.3) is 0 Å². The maximum atomic E-state index is 4.20. The van der Waals surface area contributed by atoms with Crippen LogP contribution in [0, 0.1) is 6.92 Å². The van der Waals surface area contributed by atoms with Crippen molar-refractivity contribution < 1.29 is 0 Å². The van der Waals surface area contributed by atoms with Gasteiger partial charge in [-0.05, 0) is 38.8 Å². The highest BCUT2D eigenvalue weighted by Gasteiger charge is 2.10. The van der Waals surface area contributed by atoms with Crippen molar-refractivity contribution >= 4 is 0 Å². The second-order valence-corrected chi connectivity index (χ2v) is 5.94. The summed E-state index contributed by atoms with van der Waals surface area (Å²) in [5.74, 6) is 0. The molecule has 1 aromatic carbocycles. The van der Waals surface area contributed by atoms with Crippen molar-refractivity contribution in [1.82, 2.24) is 20.3 Å². The maximum absolute atomic E-state index is 4.20. The Kier molecular flexibility index (Phi) is 4.00. The van der Waals surface area contributed by atoms with Gasteiger partial charge in [0.15, 0.2) is 0 Å². The molecule has 0 atom stereocenters. The normalized spacial score (nSPS) is 11.8. The third kappa shape index (κ3) is 4.17. The second-order valence-electron chi connectivity index (χ2n) is 5.94. The van der Waals surface area contributed by atoms with Crippen LogP contribution in [0.15, 0.2) is 30.5 Å². The second kappa shape index (κ2) is 5.53. The number of hydrogen-bond acceptors (Lipinski definition) is 3. The van der Waals surface area contributed by atoms with Gasteiger partial charge in [-0.2, -0.15) is 0 Å². The van der Waals surface area contributed by atoms with Gasteiger partial charge in [0.1, 0.15) is 0 Å². The summed E-state index contributed by atoms with van der Waals surface area (Å²) in [6, 6.07) is 8.36. The van der Waals surface area contributed by atoms with Crippen molar-refractivity contribution in [2.75, 3.05) is 0 Å². The largest absolute Gasteiger partial charge is 0.306 e. The molecule has 0 saturated heterocycles. The van der Waals surface area contributed by atoms with Crippen LogP contribution >= 0.6 is 0 Å². The summed E-state index contributed by atoms with van der Waals surface area (Å²) in [5.41, 5.74) is 3.64. The lowest BCUT2D eigenvalue weighted by Gasteiger charge is -2.19. The Hall–Kier alpha value is -1.68. The summed E-state index contributed by atoms with van der Waals surface area (Å²) >= 11 is 0. The Balaban J connectivity index is 2.00. The number of hydrogen-bond donors (Lipinski definition) is 1. The van der Waals surface area contributed by atoms with E-state index in [-0.39, 0.29) is 5.54 Å². The molecule has 0 aliphatic heterocycles. The molecule has 4 heteroatoms. The van der Waals surface area contributed by atoms with Gasteiger partial charge < -0.3 is 5.32 Å². The number of nitrogens with zero attached hydrogens (tertiary/aromatic N) is 3. The van der Waals surface area contributed by atoms with Crippen LogP contribution in [0.1, 0.15) is 37.6 Å². The molecule has 0 bridgehead atoms. The standard InChI is InChI=1S/C15H22N4/c1-12-7-5-6-8-13(12)10-19-11-14(17-18-19)9-16-15(2,3)4/h5-8,11,16H,9-10H2,1-4H3. The van der Waals surface area contributed by atoms with Crippen LogP contribution in [0.4, 0.5) is 0 Å². The molecule has 102 valence electrons. The molecule has 2 rings (SSSR count). The average molecular weight is 258 g/mol. The molecule has 4 nitrogen and oxygen atoms in total. The number of rotatable bonds is 4. The highest BCUT2D eigenvalue weighted by Crippen LogP contribution is 2.09. The Morgan fingerprint density at radius 1 is 1.21 bits per heavy atom. The first-order valence-electron chi connectivity index (χ1n) is 6.62. The minimum atomic E-state index is 0.0970. The first-order valence-corrected chi connectivity index (χ1v) is 6.62. The van der Waals surface area contributed by atoms with E-state index in [1.165, 1.54) is 11.1 Å². The molecule has 0 aliphatic rings. The van der Waals surface area contributed by atoms with E-state index in [1.54, 1.807) is 0 Å². The molecular weight excluding hydrogens is 236 g/mol. The van der Waals surface area contributed by atoms with Gasteiger partial charge in [0, 0.05) is 12.1 Å².